The van der Waals surface area contributed by atoms with Gasteiger partial charge in [0.05, 0.1) is 6.54 Å². The van der Waals surface area contributed by atoms with Crippen molar-refractivity contribution in [2.24, 2.45) is 7.05 Å². The molecule has 1 heterocycles. The monoisotopic (exact) mass is 256 g/mol. The Balaban J connectivity index is 1.96. The lowest BCUT2D eigenvalue weighted by atomic mass is 10.1. The number of hydrogen-bond donors (Lipinski definition) is 0. The van der Waals surface area contributed by atoms with Gasteiger partial charge in [-0.2, -0.15) is 0 Å². The lowest BCUT2D eigenvalue weighted by Gasteiger charge is -2.16. The van der Waals surface area contributed by atoms with E-state index in [9.17, 15) is 4.79 Å². The van der Waals surface area contributed by atoms with Crippen LogP contribution < -0.4 is 0 Å². The van der Waals surface area contributed by atoms with Crippen LogP contribution in [0.2, 0.25) is 0 Å². The zero-order chi connectivity index (χ0) is 13.8. The zero-order valence-electron chi connectivity index (χ0n) is 11.8. The number of benzene rings is 1. The van der Waals surface area contributed by atoms with Gasteiger partial charge in [-0.05, 0) is 31.2 Å². The van der Waals surface area contributed by atoms with E-state index in [0.717, 1.165) is 12.1 Å². The number of ketones is 1. The van der Waals surface area contributed by atoms with E-state index >= 15 is 0 Å². The molecule has 1 aromatic heterocycles. The summed E-state index contributed by atoms with van der Waals surface area (Å²) < 4.78 is 1.90. The number of likely N-dealkylation sites (N-methyl/N-ethyl adjacent to an activating group) is 1. The van der Waals surface area contributed by atoms with E-state index in [-0.39, 0.29) is 5.78 Å². The minimum absolute atomic E-state index is 0.164. The second-order valence-electron chi connectivity index (χ2n) is 5.09. The van der Waals surface area contributed by atoms with Gasteiger partial charge in [-0.15, -0.1) is 0 Å². The van der Waals surface area contributed by atoms with Crippen molar-refractivity contribution in [2.75, 3.05) is 13.6 Å². The van der Waals surface area contributed by atoms with Crippen molar-refractivity contribution in [3.8, 4) is 0 Å². The fraction of sp³-hybridized carbons (Fsp3) is 0.312. The van der Waals surface area contributed by atoms with Crippen LogP contribution in [0.3, 0.4) is 0 Å². The predicted molar refractivity (Wildman–Crippen MR) is 77.3 cm³/mol. The van der Waals surface area contributed by atoms with Crippen molar-refractivity contribution in [1.82, 2.24) is 9.47 Å². The maximum atomic E-state index is 12.1. The van der Waals surface area contributed by atoms with E-state index in [0.29, 0.717) is 6.54 Å². The first-order valence-electron chi connectivity index (χ1n) is 6.44. The highest BCUT2D eigenvalue weighted by molar-refractivity contribution is 5.97. The number of hydrogen-bond acceptors (Lipinski definition) is 2. The van der Waals surface area contributed by atoms with Gasteiger partial charge < -0.3 is 4.57 Å². The third kappa shape index (κ3) is 3.55. The van der Waals surface area contributed by atoms with Crippen molar-refractivity contribution in [1.29, 1.82) is 0 Å². The molecule has 0 saturated heterocycles. The number of aromatic nitrogens is 1. The summed E-state index contributed by atoms with van der Waals surface area (Å²) in [6.45, 7) is 3.34. The van der Waals surface area contributed by atoms with Crippen molar-refractivity contribution in [3.05, 3.63) is 59.4 Å². The minimum Gasteiger partial charge on any atom is -0.357 e. The minimum atomic E-state index is 0.164. The molecule has 0 aliphatic heterocycles. The van der Waals surface area contributed by atoms with E-state index < -0.39 is 0 Å². The van der Waals surface area contributed by atoms with Gasteiger partial charge in [-0.1, -0.05) is 24.3 Å². The van der Waals surface area contributed by atoms with Crippen molar-refractivity contribution in [2.45, 2.75) is 13.5 Å². The van der Waals surface area contributed by atoms with Crippen LogP contribution in [0.25, 0.3) is 0 Å². The van der Waals surface area contributed by atoms with Crippen LogP contribution in [-0.4, -0.2) is 28.8 Å². The van der Waals surface area contributed by atoms with Gasteiger partial charge >= 0.3 is 0 Å². The van der Waals surface area contributed by atoms with Crippen LogP contribution in [0.1, 0.15) is 21.5 Å². The maximum absolute atomic E-state index is 12.1. The number of carbonyl (C=O) groups excluding carboxylic acids is 1. The summed E-state index contributed by atoms with van der Waals surface area (Å²) in [6.07, 6.45) is 3.76. The van der Waals surface area contributed by atoms with E-state index in [1.54, 1.807) is 0 Å². The largest absolute Gasteiger partial charge is 0.357 e. The molecular weight excluding hydrogens is 236 g/mol. The number of Topliss-reactive ketones (excluding diaryl/α,β-unsaturated/α-hetero) is 1. The second kappa shape index (κ2) is 5.85. The average Bonchev–Trinajstić information content (AvgIpc) is 2.79. The molecule has 3 heteroatoms. The SMILES string of the molecule is Cc1ccccc1CN(C)CC(=O)c1ccn(C)c1. The highest BCUT2D eigenvalue weighted by Crippen LogP contribution is 2.10. The quantitative estimate of drug-likeness (QED) is 0.768. The molecule has 0 bridgehead atoms. The van der Waals surface area contributed by atoms with E-state index in [2.05, 4.69) is 24.0 Å². The fourth-order valence-corrected chi connectivity index (χ4v) is 2.14. The van der Waals surface area contributed by atoms with E-state index in [4.69, 9.17) is 0 Å². The Morgan fingerprint density at radius 3 is 2.63 bits per heavy atom. The maximum Gasteiger partial charge on any atom is 0.178 e. The average molecular weight is 256 g/mol. The molecule has 0 unspecified atom stereocenters. The highest BCUT2D eigenvalue weighted by atomic mass is 16.1. The zero-order valence-corrected chi connectivity index (χ0v) is 11.8. The summed E-state index contributed by atoms with van der Waals surface area (Å²) in [7, 11) is 3.90. The lowest BCUT2D eigenvalue weighted by molar-refractivity contribution is 0.0943. The molecule has 3 nitrogen and oxygen atoms in total. The highest BCUT2D eigenvalue weighted by Gasteiger charge is 2.11. The Morgan fingerprint density at radius 1 is 1.26 bits per heavy atom. The lowest BCUT2D eigenvalue weighted by Crippen LogP contribution is -2.25. The normalized spacial score (nSPS) is 10.9. The Labute approximate surface area is 114 Å². The molecule has 2 aromatic rings. The molecule has 0 aliphatic carbocycles. The number of aryl methyl sites for hydroxylation is 2. The van der Waals surface area contributed by atoms with Crippen LogP contribution in [0, 0.1) is 6.92 Å². The van der Waals surface area contributed by atoms with Gasteiger partial charge in [0, 0.05) is 31.5 Å². The molecule has 0 atom stereocenters. The third-order valence-corrected chi connectivity index (χ3v) is 3.27. The molecule has 0 spiro atoms. The molecule has 100 valence electrons. The van der Waals surface area contributed by atoms with Crippen molar-refractivity contribution < 1.29 is 4.79 Å². The van der Waals surface area contributed by atoms with Crippen LogP contribution >= 0.6 is 0 Å². The van der Waals surface area contributed by atoms with Crippen LogP contribution in [0.5, 0.6) is 0 Å². The van der Waals surface area contributed by atoms with Gasteiger partial charge in [0.2, 0.25) is 0 Å². The van der Waals surface area contributed by atoms with E-state index in [1.165, 1.54) is 11.1 Å². The van der Waals surface area contributed by atoms with Crippen LogP contribution in [0.15, 0.2) is 42.7 Å². The number of nitrogens with zero attached hydrogens (tertiary/aromatic N) is 2. The van der Waals surface area contributed by atoms with Crippen LogP contribution in [-0.2, 0) is 13.6 Å². The summed E-state index contributed by atoms with van der Waals surface area (Å²) in [5.41, 5.74) is 3.31. The summed E-state index contributed by atoms with van der Waals surface area (Å²) in [5.74, 6) is 0.164. The third-order valence-electron chi connectivity index (χ3n) is 3.27. The molecule has 19 heavy (non-hydrogen) atoms. The van der Waals surface area contributed by atoms with Gasteiger partial charge in [-0.3, -0.25) is 9.69 Å². The van der Waals surface area contributed by atoms with Crippen molar-refractivity contribution >= 4 is 5.78 Å². The van der Waals surface area contributed by atoms with Gasteiger partial charge in [0.15, 0.2) is 5.78 Å². The second-order valence-corrected chi connectivity index (χ2v) is 5.09. The molecule has 0 fully saturated rings. The molecule has 0 radical (unpaired) electrons. The summed E-state index contributed by atoms with van der Waals surface area (Å²) in [4.78, 5) is 14.1. The molecule has 0 amide bonds. The molecule has 1 aromatic carbocycles. The number of carbonyl (C=O) groups is 1. The molecule has 0 aliphatic rings. The Kier molecular flexibility index (Phi) is 4.17. The Bertz CT molecular complexity index is 572. The summed E-state index contributed by atoms with van der Waals surface area (Å²) in [6, 6.07) is 10.1. The molecular formula is C16H20N2O. The molecule has 0 N–H and O–H groups in total. The summed E-state index contributed by atoms with van der Waals surface area (Å²) in [5, 5.41) is 0. The smallest absolute Gasteiger partial charge is 0.178 e. The first-order chi connectivity index (χ1) is 9.06. The van der Waals surface area contributed by atoms with Crippen LogP contribution in [0.4, 0.5) is 0 Å². The fourth-order valence-electron chi connectivity index (χ4n) is 2.14. The van der Waals surface area contributed by atoms with Gasteiger partial charge in [-0.25, -0.2) is 0 Å². The molecule has 0 saturated carbocycles. The Morgan fingerprint density at radius 2 is 2.00 bits per heavy atom. The first kappa shape index (κ1) is 13.6. The summed E-state index contributed by atoms with van der Waals surface area (Å²) >= 11 is 0. The number of rotatable bonds is 5. The van der Waals surface area contributed by atoms with E-state index in [1.807, 2.05) is 49.3 Å². The van der Waals surface area contributed by atoms with Gasteiger partial charge in [0.25, 0.3) is 0 Å². The topological polar surface area (TPSA) is 25.2 Å². The van der Waals surface area contributed by atoms with Gasteiger partial charge in [0.1, 0.15) is 0 Å². The first-order valence-corrected chi connectivity index (χ1v) is 6.44. The van der Waals surface area contributed by atoms with Crippen molar-refractivity contribution in [3.63, 3.8) is 0 Å². The predicted octanol–water partition coefficient (Wildman–Crippen LogP) is 2.65. The standard InChI is InChI=1S/C16H20N2O/c1-13-6-4-5-7-14(13)10-18(3)12-16(19)15-8-9-17(2)11-15/h4-9,11H,10,12H2,1-3H3. The molecule has 2 rings (SSSR count). The Hall–Kier alpha value is -1.87.